The first-order chi connectivity index (χ1) is 31.8. The van der Waals surface area contributed by atoms with Gasteiger partial charge in [-0.2, -0.15) is 0 Å². The van der Waals surface area contributed by atoms with Crippen molar-refractivity contribution in [2.45, 2.75) is 224 Å². The third kappa shape index (κ3) is 10.9. The average Bonchev–Trinajstić information content (AvgIpc) is 3.77. The minimum atomic E-state index is -1.46. The summed E-state index contributed by atoms with van der Waals surface area (Å²) in [6.45, 7) is 22.8. The highest BCUT2D eigenvalue weighted by molar-refractivity contribution is 6.42. The van der Waals surface area contributed by atoms with E-state index in [0.29, 0.717) is 22.9 Å². The number of ether oxygens (including phenoxy) is 8. The van der Waals surface area contributed by atoms with Crippen molar-refractivity contribution in [1.29, 1.82) is 0 Å². The summed E-state index contributed by atoms with van der Waals surface area (Å²) >= 11 is 12.6. The summed E-state index contributed by atoms with van der Waals surface area (Å²) in [6.07, 6.45) is -5.17. The third-order valence-corrected chi connectivity index (χ3v) is 17.2. The lowest BCUT2D eigenvalue weighted by Gasteiger charge is -2.50. The summed E-state index contributed by atoms with van der Waals surface area (Å²) in [5, 5.41) is 24.3. The molecule has 386 valence electrons. The maximum absolute atomic E-state index is 15.1. The highest BCUT2D eigenvalue weighted by Gasteiger charge is 2.61. The van der Waals surface area contributed by atoms with E-state index >= 15 is 4.79 Å². The molecular weight excluding hydrogens is 919 g/mol. The van der Waals surface area contributed by atoms with Gasteiger partial charge in [-0.25, -0.2) is 4.79 Å². The zero-order chi connectivity index (χ0) is 50.4. The standard InChI is InChI=1S/C51H80Cl2N2O13/c1-15-38-51(12)43(54(48(60)68-51)21-20-34-18-19-35(52)36(53)23-34)30(6)40(56)26(2)24-50(11,62-14)45(67-47-41(57)37(22-29(5)63-47)55-27(3)16-17-28(55)4)31(7)42(32(8)46(59)65-38)66-39-25-49(10,61-13)44(58)33(9)64-39/h18-19,23,26-33,37-39,41-45,47,57-58H,15-17,20-22,24-25H2,1-14H3. The topological polar surface area (TPSA) is 172 Å². The van der Waals surface area contributed by atoms with E-state index in [-0.39, 0.29) is 55.8 Å². The summed E-state index contributed by atoms with van der Waals surface area (Å²) in [6, 6.07) is 4.68. The van der Waals surface area contributed by atoms with Crippen LogP contribution in [0.4, 0.5) is 4.79 Å². The molecule has 1 aromatic carbocycles. The molecule has 1 amide bonds. The summed E-state index contributed by atoms with van der Waals surface area (Å²) < 4.78 is 52.1. The Hall–Kier alpha value is -2.15. The number of likely N-dealkylation sites (tertiary alicyclic amines) is 1. The van der Waals surface area contributed by atoms with Gasteiger partial charge in [0.05, 0.1) is 57.6 Å². The average molecular weight is 1000 g/mol. The number of aliphatic hydroxyl groups excluding tert-OH is 2. The smallest absolute Gasteiger partial charge is 0.410 e. The van der Waals surface area contributed by atoms with Crippen LogP contribution >= 0.6 is 23.2 Å². The van der Waals surface area contributed by atoms with Gasteiger partial charge in [0.2, 0.25) is 0 Å². The van der Waals surface area contributed by atoms with Crippen LogP contribution in [-0.4, -0.2) is 155 Å². The van der Waals surface area contributed by atoms with Gasteiger partial charge in [-0.05, 0) is 112 Å². The Morgan fingerprint density at radius 2 is 1.49 bits per heavy atom. The molecule has 0 spiro atoms. The molecule has 0 saturated carbocycles. The Kier molecular flexibility index (Phi) is 17.8. The number of cyclic esters (lactones) is 1. The van der Waals surface area contributed by atoms with E-state index in [1.165, 1.54) is 7.11 Å². The van der Waals surface area contributed by atoms with Crippen LogP contribution in [-0.2, 0) is 53.9 Å². The highest BCUT2D eigenvalue weighted by Crippen LogP contribution is 2.45. The van der Waals surface area contributed by atoms with Gasteiger partial charge in [0.1, 0.15) is 24.1 Å². The van der Waals surface area contributed by atoms with E-state index in [1.807, 2.05) is 40.7 Å². The quantitative estimate of drug-likeness (QED) is 0.206. The van der Waals surface area contributed by atoms with Gasteiger partial charge in [0.15, 0.2) is 18.2 Å². The van der Waals surface area contributed by atoms with Gasteiger partial charge in [-0.15, -0.1) is 0 Å². The number of nitrogens with zero attached hydrogens (tertiary/aromatic N) is 2. The number of hydrogen-bond acceptors (Lipinski definition) is 14. The predicted molar refractivity (Wildman–Crippen MR) is 256 cm³/mol. The Labute approximate surface area is 414 Å². The van der Waals surface area contributed by atoms with Gasteiger partial charge in [-0.1, -0.05) is 57.0 Å². The lowest BCUT2D eigenvalue weighted by molar-refractivity contribution is -0.320. The maximum atomic E-state index is 15.1. The van der Waals surface area contributed by atoms with E-state index in [2.05, 4.69) is 18.7 Å². The Morgan fingerprint density at radius 3 is 2.09 bits per heavy atom. The third-order valence-electron chi connectivity index (χ3n) is 16.5. The van der Waals surface area contributed by atoms with Crippen LogP contribution in [0.3, 0.4) is 0 Å². The molecule has 2 N–H and O–H groups in total. The van der Waals surface area contributed by atoms with Crippen molar-refractivity contribution in [3.05, 3.63) is 33.8 Å². The molecular formula is C51H80Cl2N2O13. The molecule has 5 fully saturated rings. The van der Waals surface area contributed by atoms with Gasteiger partial charge >= 0.3 is 12.1 Å². The first kappa shape index (κ1) is 55.2. The molecule has 0 bridgehead atoms. The number of esters is 1. The molecule has 5 heterocycles. The molecule has 1 aromatic rings. The van der Waals surface area contributed by atoms with Gasteiger partial charge in [0.25, 0.3) is 0 Å². The number of fused-ring (bicyclic) bond motifs is 1. The number of methoxy groups -OCH3 is 2. The number of Topliss-reactive ketones (excluding diaryl/α,β-unsaturated/α-hetero) is 1. The fourth-order valence-electron chi connectivity index (χ4n) is 12.5. The van der Waals surface area contributed by atoms with Crippen LogP contribution in [0.2, 0.25) is 10.0 Å². The van der Waals surface area contributed by atoms with Crippen LogP contribution in [0, 0.1) is 23.7 Å². The molecule has 5 saturated heterocycles. The van der Waals surface area contributed by atoms with Crippen LogP contribution in [0.1, 0.15) is 127 Å². The van der Waals surface area contributed by atoms with Crippen molar-refractivity contribution >= 4 is 41.0 Å². The lowest BCUT2D eigenvalue weighted by atomic mass is 9.73. The van der Waals surface area contributed by atoms with Crippen molar-refractivity contribution in [2.75, 3.05) is 20.8 Å². The molecule has 68 heavy (non-hydrogen) atoms. The van der Waals surface area contributed by atoms with Gasteiger partial charge in [0, 0.05) is 63.1 Å². The summed E-state index contributed by atoms with van der Waals surface area (Å²) in [5.74, 6) is -4.01. The lowest BCUT2D eigenvalue weighted by Crippen LogP contribution is -2.62. The molecule has 20 unspecified atom stereocenters. The number of carbonyl (C=O) groups excluding carboxylic acids is 3. The van der Waals surface area contributed by atoms with Gasteiger partial charge < -0.3 is 48.1 Å². The minimum absolute atomic E-state index is 0.123. The zero-order valence-electron chi connectivity index (χ0n) is 42.7. The number of carbonyl (C=O) groups is 3. The highest BCUT2D eigenvalue weighted by atomic mass is 35.5. The normalized spacial score (nSPS) is 44.6. The predicted octanol–water partition coefficient (Wildman–Crippen LogP) is 7.77. The monoisotopic (exact) mass is 999 g/mol. The zero-order valence-corrected chi connectivity index (χ0v) is 44.3. The van der Waals surface area contributed by atoms with Crippen LogP contribution in [0.15, 0.2) is 18.2 Å². The second kappa shape index (κ2) is 21.9. The van der Waals surface area contributed by atoms with Crippen LogP contribution in [0.5, 0.6) is 0 Å². The van der Waals surface area contributed by atoms with Crippen LogP contribution < -0.4 is 0 Å². The SMILES string of the molecule is CCC1OC(=O)C(C)C(OC2CC(C)(OC)C(O)C(C)O2)C(C)C(OC2OC(C)CC(N3C(C)CCC3C)C2O)C(C)(OC)CC(C)C(=O)C(C)C2N(CCc3ccc(Cl)c(Cl)c3)C(=O)OC12C. The fraction of sp³-hybridized carbons (Fsp3) is 0.824. The minimum Gasteiger partial charge on any atom is -0.458 e. The molecule has 0 radical (unpaired) electrons. The Morgan fingerprint density at radius 1 is 0.838 bits per heavy atom. The molecule has 15 nitrogen and oxygen atoms in total. The maximum Gasteiger partial charge on any atom is 0.410 e. The van der Waals surface area contributed by atoms with Crippen molar-refractivity contribution < 1.29 is 62.5 Å². The molecule has 17 heteroatoms. The van der Waals surface area contributed by atoms with E-state index in [0.717, 1.165) is 18.4 Å². The van der Waals surface area contributed by atoms with E-state index in [9.17, 15) is 19.8 Å². The first-order valence-electron chi connectivity index (χ1n) is 24.9. The molecule has 0 aromatic heterocycles. The van der Waals surface area contributed by atoms with Gasteiger partial charge in [-0.3, -0.25) is 19.4 Å². The number of rotatable bonds is 11. The molecule has 20 atom stereocenters. The number of aliphatic hydroxyl groups is 2. The Bertz CT molecular complexity index is 1920. The first-order valence-corrected chi connectivity index (χ1v) is 25.6. The fourth-order valence-corrected chi connectivity index (χ4v) is 12.8. The molecule has 6 rings (SSSR count). The summed E-state index contributed by atoms with van der Waals surface area (Å²) in [4.78, 5) is 48.3. The van der Waals surface area contributed by atoms with Crippen molar-refractivity contribution in [1.82, 2.24) is 9.80 Å². The molecule has 0 aliphatic carbocycles. The number of amides is 1. The second-order valence-electron chi connectivity index (χ2n) is 21.4. The summed E-state index contributed by atoms with van der Waals surface area (Å²) in [5.41, 5.74) is -2.96. The number of ketones is 1. The van der Waals surface area contributed by atoms with E-state index < -0.39 is 108 Å². The summed E-state index contributed by atoms with van der Waals surface area (Å²) in [7, 11) is 3.09. The Balaban J connectivity index is 1.44. The van der Waals surface area contributed by atoms with Crippen LogP contribution in [0.25, 0.3) is 0 Å². The second-order valence-corrected chi connectivity index (χ2v) is 22.2. The largest absolute Gasteiger partial charge is 0.458 e. The van der Waals surface area contributed by atoms with Crippen molar-refractivity contribution in [3.8, 4) is 0 Å². The van der Waals surface area contributed by atoms with E-state index in [4.69, 9.17) is 61.1 Å². The molecule has 5 aliphatic rings. The van der Waals surface area contributed by atoms with Crippen molar-refractivity contribution in [3.63, 3.8) is 0 Å². The van der Waals surface area contributed by atoms with Crippen molar-refractivity contribution in [2.24, 2.45) is 23.7 Å². The number of hydrogen-bond donors (Lipinski definition) is 2. The molecule has 5 aliphatic heterocycles. The number of halogens is 2. The number of benzene rings is 1. The van der Waals surface area contributed by atoms with E-state index in [1.54, 1.807) is 58.8 Å².